The smallest absolute Gasteiger partial charge is 0.344 e. The van der Waals surface area contributed by atoms with Gasteiger partial charge in [0.05, 0.1) is 14.2 Å². The lowest BCUT2D eigenvalue weighted by Gasteiger charge is -2.29. The Balaban J connectivity index is 1.62. The van der Waals surface area contributed by atoms with E-state index in [-0.39, 0.29) is 29.5 Å². The molecule has 2 aromatic carbocycles. The first kappa shape index (κ1) is 20.7. The van der Waals surface area contributed by atoms with E-state index in [0.717, 1.165) is 12.0 Å². The fraction of sp³-hybridized carbons (Fsp3) is 0.348. The van der Waals surface area contributed by atoms with Crippen molar-refractivity contribution >= 4 is 23.5 Å². The number of anilines is 1. The van der Waals surface area contributed by atoms with Crippen LogP contribution in [0, 0.1) is 0 Å². The molecular weight excluding hydrogens is 400 g/mol. The van der Waals surface area contributed by atoms with Crippen LogP contribution in [0.4, 0.5) is 5.69 Å². The minimum absolute atomic E-state index is 0.198. The maximum absolute atomic E-state index is 13.0. The summed E-state index contributed by atoms with van der Waals surface area (Å²) >= 11 is 0. The molecule has 8 heteroatoms. The highest BCUT2D eigenvalue weighted by Gasteiger charge is 2.47. The maximum Gasteiger partial charge on any atom is 0.344 e. The predicted octanol–water partition coefficient (Wildman–Crippen LogP) is 3.06. The number of hydrogen-bond acceptors (Lipinski definition) is 6. The zero-order valence-corrected chi connectivity index (χ0v) is 17.6. The van der Waals surface area contributed by atoms with Crippen LogP contribution in [0.25, 0.3) is 0 Å². The number of amides is 2. The molecule has 1 saturated heterocycles. The van der Waals surface area contributed by atoms with Gasteiger partial charge in [0.1, 0.15) is 11.6 Å². The number of fused-ring (bicyclic) bond motifs is 1. The summed E-state index contributed by atoms with van der Waals surface area (Å²) in [6.45, 7) is 2.06. The number of ether oxygens (including phenoxy) is 3. The van der Waals surface area contributed by atoms with Gasteiger partial charge in [-0.05, 0) is 42.7 Å². The molecule has 4 rings (SSSR count). The lowest BCUT2D eigenvalue weighted by Crippen LogP contribution is -2.43. The van der Waals surface area contributed by atoms with Crippen molar-refractivity contribution in [3.63, 3.8) is 0 Å². The zero-order chi connectivity index (χ0) is 22.1. The monoisotopic (exact) mass is 424 g/mol. The van der Waals surface area contributed by atoms with Crippen LogP contribution in [-0.4, -0.2) is 42.9 Å². The van der Waals surface area contributed by atoms with Gasteiger partial charge in [-0.15, -0.1) is 0 Å². The van der Waals surface area contributed by atoms with Crippen molar-refractivity contribution in [2.24, 2.45) is 0 Å². The zero-order valence-electron chi connectivity index (χ0n) is 17.6. The molecule has 162 valence electrons. The van der Waals surface area contributed by atoms with Gasteiger partial charge in [-0.3, -0.25) is 14.5 Å². The molecule has 0 spiro atoms. The number of likely N-dealkylation sites (tertiary alicyclic amines) is 1. The van der Waals surface area contributed by atoms with Crippen LogP contribution in [0.5, 0.6) is 11.5 Å². The lowest BCUT2D eigenvalue weighted by atomic mass is 10.0. The van der Waals surface area contributed by atoms with Gasteiger partial charge in [0.2, 0.25) is 18.0 Å². The number of methoxy groups -OCH3 is 2. The van der Waals surface area contributed by atoms with Gasteiger partial charge in [0.15, 0.2) is 11.5 Å². The van der Waals surface area contributed by atoms with Crippen molar-refractivity contribution in [1.82, 2.24) is 4.90 Å². The Hall–Kier alpha value is -3.55. The molecule has 31 heavy (non-hydrogen) atoms. The van der Waals surface area contributed by atoms with Crippen molar-refractivity contribution in [2.75, 3.05) is 19.5 Å². The number of carbonyl (C=O) groups is 3. The second kappa shape index (κ2) is 8.29. The van der Waals surface area contributed by atoms with Crippen LogP contribution in [0.1, 0.15) is 47.5 Å². The largest absolute Gasteiger partial charge is 0.493 e. The van der Waals surface area contributed by atoms with Gasteiger partial charge in [0, 0.05) is 17.7 Å². The highest BCUT2D eigenvalue weighted by Crippen LogP contribution is 2.45. The average molecular weight is 424 g/mol. The summed E-state index contributed by atoms with van der Waals surface area (Å²) < 4.78 is 16.1. The summed E-state index contributed by atoms with van der Waals surface area (Å²) in [6, 6.07) is 10.1. The Morgan fingerprint density at radius 1 is 1.13 bits per heavy atom. The number of hydrogen-bond donors (Lipinski definition) is 1. The Labute approximate surface area is 180 Å². The summed E-state index contributed by atoms with van der Waals surface area (Å²) in [5.41, 5.74) is 2.50. The van der Waals surface area contributed by atoms with E-state index >= 15 is 0 Å². The number of carbonyl (C=O) groups excluding carboxylic acids is 3. The quantitative estimate of drug-likeness (QED) is 0.717. The van der Waals surface area contributed by atoms with Crippen LogP contribution in [-0.2, 0) is 20.7 Å². The third-order valence-corrected chi connectivity index (χ3v) is 5.71. The van der Waals surface area contributed by atoms with E-state index in [9.17, 15) is 14.4 Å². The number of cyclic esters (lactones) is 1. The molecule has 2 amide bonds. The van der Waals surface area contributed by atoms with Gasteiger partial charge in [-0.25, -0.2) is 4.79 Å². The normalized spacial score (nSPS) is 19.8. The Morgan fingerprint density at radius 2 is 1.87 bits per heavy atom. The molecule has 2 aliphatic rings. The Kier molecular flexibility index (Phi) is 5.54. The molecule has 0 aliphatic carbocycles. The highest BCUT2D eigenvalue weighted by molar-refractivity contribution is 6.01. The SMILES string of the molecule is CCc1ccc(NC(=O)[C@@H]2CCC(=O)N2[C@H]2OC(=O)c3c2ccc(OC)c3OC)cc1. The van der Waals surface area contributed by atoms with Gasteiger partial charge in [-0.2, -0.15) is 0 Å². The topological polar surface area (TPSA) is 94.2 Å². The first-order chi connectivity index (χ1) is 15.0. The van der Waals surface area contributed by atoms with Crippen LogP contribution in [0.2, 0.25) is 0 Å². The van der Waals surface area contributed by atoms with Crippen molar-refractivity contribution < 1.29 is 28.6 Å². The number of rotatable bonds is 6. The van der Waals surface area contributed by atoms with Crippen LogP contribution < -0.4 is 14.8 Å². The highest BCUT2D eigenvalue weighted by atomic mass is 16.6. The van der Waals surface area contributed by atoms with E-state index in [1.165, 1.54) is 19.1 Å². The molecule has 2 aliphatic heterocycles. The molecule has 2 heterocycles. The summed E-state index contributed by atoms with van der Waals surface area (Å²) in [5, 5.41) is 2.87. The lowest BCUT2D eigenvalue weighted by molar-refractivity contribution is -0.144. The van der Waals surface area contributed by atoms with Crippen molar-refractivity contribution in [3.8, 4) is 11.5 Å². The number of aryl methyl sites for hydroxylation is 1. The second-order valence-corrected chi connectivity index (χ2v) is 7.42. The summed E-state index contributed by atoms with van der Waals surface area (Å²) in [4.78, 5) is 39.7. The fourth-order valence-electron chi connectivity index (χ4n) is 4.09. The summed E-state index contributed by atoms with van der Waals surface area (Å²) in [5.74, 6) is -0.556. The summed E-state index contributed by atoms with van der Waals surface area (Å²) in [7, 11) is 2.90. The van der Waals surface area contributed by atoms with Crippen molar-refractivity contribution in [1.29, 1.82) is 0 Å². The first-order valence-corrected chi connectivity index (χ1v) is 10.1. The number of benzene rings is 2. The van der Waals surface area contributed by atoms with Crippen LogP contribution in [0.15, 0.2) is 36.4 Å². The molecule has 0 radical (unpaired) electrons. The van der Waals surface area contributed by atoms with Crippen molar-refractivity contribution in [3.05, 3.63) is 53.1 Å². The van der Waals surface area contributed by atoms with E-state index < -0.39 is 18.2 Å². The number of nitrogens with zero attached hydrogens (tertiary/aromatic N) is 1. The number of esters is 1. The van der Waals surface area contributed by atoms with E-state index in [1.54, 1.807) is 12.1 Å². The molecule has 2 atom stereocenters. The molecule has 1 fully saturated rings. The van der Waals surface area contributed by atoms with E-state index in [2.05, 4.69) is 12.2 Å². The summed E-state index contributed by atoms with van der Waals surface area (Å²) in [6.07, 6.45) is 0.452. The van der Waals surface area contributed by atoms with Crippen molar-refractivity contribution in [2.45, 2.75) is 38.5 Å². The third kappa shape index (κ3) is 3.58. The number of nitrogens with one attached hydrogen (secondary N) is 1. The van der Waals surface area contributed by atoms with E-state index in [4.69, 9.17) is 14.2 Å². The predicted molar refractivity (Wildman–Crippen MR) is 112 cm³/mol. The fourth-order valence-corrected chi connectivity index (χ4v) is 4.09. The standard InChI is InChI=1S/C23H24N2O6/c1-4-13-5-7-14(8-6-13)24-21(27)16-10-12-18(26)25(16)22-15-9-11-17(29-2)20(30-3)19(15)23(28)31-22/h5-9,11,16,22H,4,10,12H2,1-3H3,(H,24,27)/t16-,22-/m0/s1. The minimum Gasteiger partial charge on any atom is -0.493 e. The molecule has 8 nitrogen and oxygen atoms in total. The van der Waals surface area contributed by atoms with E-state index in [0.29, 0.717) is 23.4 Å². The van der Waals surface area contributed by atoms with Gasteiger partial charge >= 0.3 is 5.97 Å². The minimum atomic E-state index is -0.990. The van der Waals surface area contributed by atoms with Crippen LogP contribution in [0.3, 0.4) is 0 Å². The molecule has 0 bridgehead atoms. The molecule has 1 N–H and O–H groups in total. The van der Waals surface area contributed by atoms with E-state index in [1.807, 2.05) is 24.3 Å². The molecular formula is C23H24N2O6. The molecule has 0 saturated carbocycles. The van der Waals surface area contributed by atoms with Crippen LogP contribution >= 0.6 is 0 Å². The molecule has 0 unspecified atom stereocenters. The maximum atomic E-state index is 13.0. The van der Waals surface area contributed by atoms with Gasteiger partial charge in [0.25, 0.3) is 0 Å². The Morgan fingerprint density at radius 3 is 2.52 bits per heavy atom. The molecule has 2 aromatic rings. The van der Waals surface area contributed by atoms with Gasteiger partial charge < -0.3 is 19.5 Å². The first-order valence-electron chi connectivity index (χ1n) is 10.1. The third-order valence-electron chi connectivity index (χ3n) is 5.71. The molecule has 0 aromatic heterocycles. The second-order valence-electron chi connectivity index (χ2n) is 7.42. The average Bonchev–Trinajstić information content (AvgIpc) is 3.33. The Bertz CT molecular complexity index is 1030. The van der Waals surface area contributed by atoms with Gasteiger partial charge in [-0.1, -0.05) is 19.1 Å².